The first-order chi connectivity index (χ1) is 11.1. The number of carbonyl (C=O) groups is 2. The van der Waals surface area contributed by atoms with Crippen molar-refractivity contribution in [1.82, 2.24) is 0 Å². The van der Waals surface area contributed by atoms with Gasteiger partial charge in [0.25, 0.3) is 0 Å². The lowest BCUT2D eigenvalue weighted by atomic mass is 10.0. The molecule has 0 aliphatic carbocycles. The molecular weight excluding hydrogens is 316 g/mol. The highest BCUT2D eigenvalue weighted by atomic mass is 35.5. The van der Waals surface area contributed by atoms with Crippen molar-refractivity contribution in [3.8, 4) is 5.75 Å². The Morgan fingerprint density at radius 2 is 1.74 bits per heavy atom. The zero-order chi connectivity index (χ0) is 17.1. The van der Waals surface area contributed by atoms with Gasteiger partial charge in [0, 0.05) is 0 Å². The van der Waals surface area contributed by atoms with Crippen molar-refractivity contribution >= 4 is 23.9 Å². The van der Waals surface area contributed by atoms with Crippen LogP contribution in [0.2, 0.25) is 0 Å². The Bertz CT molecular complexity index is 534. The van der Waals surface area contributed by atoms with Gasteiger partial charge in [-0.1, -0.05) is 62.8 Å². The maximum Gasteiger partial charge on any atom is 0.373 e. The SMILES string of the molecule is CCCCCCCCc1ccc(OC(C(=O)O)=C(Cl)C=O)cc1. The number of allylic oxidation sites excluding steroid dienone is 1. The number of rotatable bonds is 11. The topological polar surface area (TPSA) is 63.6 Å². The van der Waals surface area contributed by atoms with Crippen molar-refractivity contribution in [1.29, 1.82) is 0 Å². The van der Waals surface area contributed by atoms with Crippen LogP contribution in [0, 0.1) is 0 Å². The van der Waals surface area contributed by atoms with Crippen LogP contribution in [-0.4, -0.2) is 17.4 Å². The van der Waals surface area contributed by atoms with Gasteiger partial charge in [-0.15, -0.1) is 0 Å². The lowest BCUT2D eigenvalue weighted by molar-refractivity contribution is -0.135. The third-order valence-corrected chi connectivity index (χ3v) is 3.74. The van der Waals surface area contributed by atoms with Crippen LogP contribution in [-0.2, 0) is 16.0 Å². The van der Waals surface area contributed by atoms with E-state index in [9.17, 15) is 9.59 Å². The van der Waals surface area contributed by atoms with Crippen LogP contribution >= 0.6 is 11.6 Å². The zero-order valence-corrected chi connectivity index (χ0v) is 14.1. The Hall–Kier alpha value is -1.81. The van der Waals surface area contributed by atoms with E-state index in [0.717, 1.165) is 12.8 Å². The van der Waals surface area contributed by atoms with Crippen molar-refractivity contribution in [2.45, 2.75) is 51.9 Å². The molecule has 23 heavy (non-hydrogen) atoms. The monoisotopic (exact) mass is 338 g/mol. The van der Waals surface area contributed by atoms with Crippen LogP contribution in [0.25, 0.3) is 0 Å². The minimum absolute atomic E-state index is 0.248. The van der Waals surface area contributed by atoms with Crippen LogP contribution in [0.3, 0.4) is 0 Å². The summed E-state index contributed by atoms with van der Waals surface area (Å²) in [6.45, 7) is 2.21. The molecule has 0 amide bonds. The van der Waals surface area contributed by atoms with E-state index in [1.165, 1.54) is 37.7 Å². The second kappa shape index (κ2) is 10.8. The second-order valence-corrected chi connectivity index (χ2v) is 5.77. The van der Waals surface area contributed by atoms with Crippen LogP contribution in [0.5, 0.6) is 5.75 Å². The molecule has 0 heterocycles. The van der Waals surface area contributed by atoms with Gasteiger partial charge in [0.1, 0.15) is 10.8 Å². The Labute approximate surface area is 142 Å². The molecule has 1 rings (SSSR count). The van der Waals surface area contributed by atoms with E-state index in [-0.39, 0.29) is 6.29 Å². The highest BCUT2D eigenvalue weighted by Gasteiger charge is 2.15. The van der Waals surface area contributed by atoms with E-state index in [4.69, 9.17) is 21.4 Å². The molecule has 0 unspecified atom stereocenters. The van der Waals surface area contributed by atoms with Crippen molar-refractivity contribution in [2.24, 2.45) is 0 Å². The van der Waals surface area contributed by atoms with Gasteiger partial charge in [-0.3, -0.25) is 4.79 Å². The normalized spacial score (nSPS) is 11.7. The smallest absolute Gasteiger partial charge is 0.373 e. The average molecular weight is 339 g/mol. The van der Waals surface area contributed by atoms with Gasteiger partial charge in [0.15, 0.2) is 6.29 Å². The molecule has 0 aromatic heterocycles. The van der Waals surface area contributed by atoms with Gasteiger partial charge in [0.05, 0.1) is 0 Å². The molecule has 0 aliphatic heterocycles. The molecular formula is C18H23ClO4. The van der Waals surface area contributed by atoms with Crippen molar-refractivity contribution in [3.63, 3.8) is 0 Å². The van der Waals surface area contributed by atoms with Gasteiger partial charge in [-0.25, -0.2) is 4.79 Å². The highest BCUT2D eigenvalue weighted by Crippen LogP contribution is 2.19. The summed E-state index contributed by atoms with van der Waals surface area (Å²) in [7, 11) is 0. The molecule has 1 aromatic carbocycles. The predicted molar refractivity (Wildman–Crippen MR) is 90.7 cm³/mol. The van der Waals surface area contributed by atoms with Gasteiger partial charge in [-0.2, -0.15) is 0 Å². The predicted octanol–water partition coefficient (Wildman–Crippen LogP) is 4.70. The number of ether oxygens (including phenoxy) is 1. The lowest BCUT2D eigenvalue weighted by Gasteiger charge is -2.08. The molecule has 0 atom stereocenters. The van der Waals surface area contributed by atoms with E-state index in [1.54, 1.807) is 12.1 Å². The van der Waals surface area contributed by atoms with Crippen molar-refractivity contribution in [2.75, 3.05) is 0 Å². The van der Waals surface area contributed by atoms with E-state index in [1.807, 2.05) is 12.1 Å². The number of hydrogen-bond acceptors (Lipinski definition) is 3. The molecule has 0 saturated heterocycles. The number of carboxylic acid groups (broad SMARTS) is 1. The van der Waals surface area contributed by atoms with Crippen LogP contribution < -0.4 is 4.74 Å². The second-order valence-electron chi connectivity index (χ2n) is 5.36. The number of benzene rings is 1. The minimum atomic E-state index is -1.38. The molecule has 0 saturated carbocycles. The van der Waals surface area contributed by atoms with Crippen LogP contribution in [0.4, 0.5) is 0 Å². The summed E-state index contributed by atoms with van der Waals surface area (Å²) in [5.41, 5.74) is 1.18. The minimum Gasteiger partial charge on any atom is -0.475 e. The van der Waals surface area contributed by atoms with Gasteiger partial charge >= 0.3 is 5.97 Å². The standard InChI is InChI=1S/C18H23ClO4/c1-2-3-4-5-6-7-8-14-9-11-15(12-10-14)23-17(18(21)22)16(19)13-20/h9-13H,2-8H2,1H3,(H,21,22). The quantitative estimate of drug-likeness (QED) is 0.275. The summed E-state index contributed by atoms with van der Waals surface area (Å²) in [6.07, 6.45) is 8.72. The Morgan fingerprint density at radius 1 is 1.13 bits per heavy atom. The summed E-state index contributed by atoms with van der Waals surface area (Å²) in [6, 6.07) is 7.17. The van der Waals surface area contributed by atoms with Crippen molar-refractivity contribution < 1.29 is 19.4 Å². The summed E-state index contributed by atoms with van der Waals surface area (Å²) in [4.78, 5) is 21.6. The van der Waals surface area contributed by atoms with E-state index >= 15 is 0 Å². The third-order valence-electron chi connectivity index (χ3n) is 3.48. The summed E-state index contributed by atoms with van der Waals surface area (Å²) in [5.74, 6) is -1.60. The molecule has 0 spiro atoms. The van der Waals surface area contributed by atoms with Crippen molar-refractivity contribution in [3.05, 3.63) is 40.6 Å². The zero-order valence-electron chi connectivity index (χ0n) is 13.4. The molecule has 0 aliphatic rings. The number of aryl methyl sites for hydroxylation is 1. The van der Waals surface area contributed by atoms with E-state index < -0.39 is 16.8 Å². The fourth-order valence-corrected chi connectivity index (χ4v) is 2.32. The third kappa shape index (κ3) is 7.33. The number of hydrogen-bond donors (Lipinski definition) is 1. The molecule has 1 aromatic rings. The maximum atomic E-state index is 11.0. The molecule has 0 bridgehead atoms. The Kier molecular flexibility index (Phi) is 9.07. The van der Waals surface area contributed by atoms with Gasteiger partial charge in [-0.05, 0) is 30.5 Å². The molecule has 1 N–H and O–H groups in total. The first-order valence-corrected chi connectivity index (χ1v) is 8.31. The number of halogens is 1. The first-order valence-electron chi connectivity index (χ1n) is 7.93. The number of carboxylic acids is 1. The average Bonchev–Trinajstić information content (AvgIpc) is 2.56. The maximum absolute atomic E-state index is 11.0. The number of carbonyl (C=O) groups excluding carboxylic acids is 1. The summed E-state index contributed by atoms with van der Waals surface area (Å²) >= 11 is 5.53. The Balaban J connectivity index is 2.50. The molecule has 4 nitrogen and oxygen atoms in total. The van der Waals surface area contributed by atoms with E-state index in [0.29, 0.717) is 5.75 Å². The molecule has 5 heteroatoms. The lowest BCUT2D eigenvalue weighted by Crippen LogP contribution is -2.10. The fraction of sp³-hybridized carbons (Fsp3) is 0.444. The number of aliphatic carboxylic acids is 1. The molecule has 0 radical (unpaired) electrons. The number of unbranched alkanes of at least 4 members (excludes halogenated alkanes) is 5. The van der Waals surface area contributed by atoms with Gasteiger partial charge < -0.3 is 9.84 Å². The number of aldehydes is 1. The largest absolute Gasteiger partial charge is 0.475 e. The summed E-state index contributed by atoms with van der Waals surface area (Å²) < 4.78 is 5.17. The van der Waals surface area contributed by atoms with Crippen LogP contribution in [0.15, 0.2) is 35.1 Å². The first kappa shape index (κ1) is 19.2. The Morgan fingerprint density at radius 3 is 2.30 bits per heavy atom. The van der Waals surface area contributed by atoms with Gasteiger partial charge in [0.2, 0.25) is 5.76 Å². The van der Waals surface area contributed by atoms with Crippen LogP contribution in [0.1, 0.15) is 51.0 Å². The fourth-order valence-electron chi connectivity index (χ4n) is 2.20. The van der Waals surface area contributed by atoms with E-state index in [2.05, 4.69) is 6.92 Å². The molecule has 126 valence electrons. The molecule has 0 fully saturated rings. The summed E-state index contributed by atoms with van der Waals surface area (Å²) in [5, 5.41) is 8.51. The highest BCUT2D eigenvalue weighted by molar-refractivity contribution is 6.40.